The second-order valence-electron chi connectivity index (χ2n) is 4.27. The summed E-state index contributed by atoms with van der Waals surface area (Å²) in [5.41, 5.74) is 3.23. The number of rotatable bonds is 5. The lowest BCUT2D eigenvalue weighted by molar-refractivity contribution is 0.0988. The van der Waals surface area contributed by atoms with Gasteiger partial charge in [0.2, 0.25) is 0 Å². The summed E-state index contributed by atoms with van der Waals surface area (Å²) in [5, 5.41) is 0. The maximum absolute atomic E-state index is 12.1. The van der Waals surface area contributed by atoms with Crippen LogP contribution in [0.1, 0.15) is 47.7 Å². The monoisotopic (exact) mass is 282 g/mol. The minimum absolute atomic E-state index is 0.0328. The molecule has 0 saturated heterocycles. The van der Waals surface area contributed by atoms with Crippen molar-refractivity contribution in [1.82, 2.24) is 0 Å². The summed E-state index contributed by atoms with van der Waals surface area (Å²) in [6, 6.07) is 5.92. The molecule has 0 aliphatic rings. The number of benzene rings is 1. The van der Waals surface area contributed by atoms with E-state index in [1.807, 2.05) is 25.1 Å². The summed E-state index contributed by atoms with van der Waals surface area (Å²) in [5.74, 6) is 0.205. The Bertz CT molecular complexity index is 371. The maximum atomic E-state index is 12.1. The van der Waals surface area contributed by atoms with E-state index in [1.165, 1.54) is 11.1 Å². The quantitative estimate of drug-likeness (QED) is 0.576. The van der Waals surface area contributed by atoms with Crippen molar-refractivity contribution in [3.63, 3.8) is 0 Å². The maximum Gasteiger partial charge on any atom is 0.176 e. The Kier molecular flexibility index (Phi) is 5.20. The summed E-state index contributed by atoms with van der Waals surface area (Å²) < 4.78 is 0. The van der Waals surface area contributed by atoms with Crippen LogP contribution in [-0.4, -0.2) is 10.6 Å². The van der Waals surface area contributed by atoms with E-state index in [0.717, 1.165) is 24.8 Å². The lowest BCUT2D eigenvalue weighted by Gasteiger charge is -2.09. The number of hydrogen-bond acceptors (Lipinski definition) is 1. The molecule has 0 aliphatic carbocycles. The van der Waals surface area contributed by atoms with Crippen LogP contribution in [0.25, 0.3) is 0 Å². The molecule has 2 heteroatoms. The van der Waals surface area contributed by atoms with Gasteiger partial charge in [0.15, 0.2) is 5.78 Å². The van der Waals surface area contributed by atoms with Crippen LogP contribution in [0.3, 0.4) is 0 Å². The molecule has 0 aromatic heterocycles. The minimum atomic E-state index is -0.0328. The zero-order valence-electron chi connectivity index (χ0n) is 10.2. The van der Waals surface area contributed by atoms with E-state index < -0.39 is 0 Å². The van der Waals surface area contributed by atoms with Crippen molar-refractivity contribution in [2.24, 2.45) is 0 Å². The largest absolute Gasteiger partial charge is 0.293 e. The van der Waals surface area contributed by atoms with Gasteiger partial charge in [-0.2, -0.15) is 0 Å². The Morgan fingerprint density at radius 2 is 2.00 bits per heavy atom. The van der Waals surface area contributed by atoms with Gasteiger partial charge in [-0.1, -0.05) is 47.8 Å². The Labute approximate surface area is 106 Å². The number of unbranched alkanes of at least 4 members (excludes halogenated alkanes) is 1. The molecule has 1 unspecified atom stereocenters. The molecular weight excluding hydrogens is 264 g/mol. The highest BCUT2D eigenvalue weighted by Crippen LogP contribution is 2.18. The molecule has 0 bridgehead atoms. The highest BCUT2D eigenvalue weighted by molar-refractivity contribution is 9.10. The number of aryl methyl sites for hydroxylation is 2. The first-order valence-corrected chi connectivity index (χ1v) is 6.73. The average Bonchev–Trinajstić information content (AvgIpc) is 2.28. The van der Waals surface area contributed by atoms with Crippen molar-refractivity contribution >= 4 is 21.7 Å². The van der Waals surface area contributed by atoms with Crippen LogP contribution >= 0.6 is 15.9 Å². The summed E-state index contributed by atoms with van der Waals surface area (Å²) in [4.78, 5) is 12.0. The lowest BCUT2D eigenvalue weighted by Crippen LogP contribution is -2.14. The second-order valence-corrected chi connectivity index (χ2v) is 5.38. The summed E-state index contributed by atoms with van der Waals surface area (Å²) in [7, 11) is 0. The molecule has 1 aromatic rings. The first-order valence-electron chi connectivity index (χ1n) is 5.81. The first kappa shape index (κ1) is 13.4. The second kappa shape index (κ2) is 6.19. The molecule has 0 saturated carbocycles. The van der Waals surface area contributed by atoms with E-state index in [0.29, 0.717) is 0 Å². The van der Waals surface area contributed by atoms with Crippen LogP contribution in [0, 0.1) is 13.8 Å². The van der Waals surface area contributed by atoms with Crippen LogP contribution in [0.5, 0.6) is 0 Å². The van der Waals surface area contributed by atoms with Crippen LogP contribution in [0.15, 0.2) is 18.2 Å². The van der Waals surface area contributed by atoms with E-state index in [9.17, 15) is 4.79 Å². The van der Waals surface area contributed by atoms with Gasteiger partial charge in [0.05, 0.1) is 4.83 Å². The Morgan fingerprint density at radius 1 is 1.31 bits per heavy atom. The van der Waals surface area contributed by atoms with E-state index in [-0.39, 0.29) is 10.6 Å². The van der Waals surface area contributed by atoms with Crippen molar-refractivity contribution < 1.29 is 4.79 Å². The molecule has 0 spiro atoms. The molecule has 1 rings (SSSR count). The molecule has 88 valence electrons. The summed E-state index contributed by atoms with van der Waals surface area (Å²) in [6.07, 6.45) is 3.14. The van der Waals surface area contributed by atoms with Gasteiger partial charge in [-0.15, -0.1) is 0 Å². The molecular formula is C14H19BrO. The highest BCUT2D eigenvalue weighted by Gasteiger charge is 2.16. The molecule has 1 aromatic carbocycles. The number of ketones is 1. The van der Waals surface area contributed by atoms with Crippen LogP contribution in [0.4, 0.5) is 0 Å². The van der Waals surface area contributed by atoms with E-state index >= 15 is 0 Å². The van der Waals surface area contributed by atoms with Gasteiger partial charge in [0, 0.05) is 5.56 Å². The topological polar surface area (TPSA) is 17.1 Å². The van der Waals surface area contributed by atoms with Crippen molar-refractivity contribution in [3.05, 3.63) is 34.9 Å². The van der Waals surface area contributed by atoms with E-state index in [4.69, 9.17) is 0 Å². The lowest BCUT2D eigenvalue weighted by atomic mass is 10.0. The van der Waals surface area contributed by atoms with Gasteiger partial charge in [0.25, 0.3) is 0 Å². The molecule has 0 aliphatic heterocycles. The molecule has 0 fully saturated rings. The SMILES string of the molecule is CCCCC(Br)C(=O)c1ccc(C)c(C)c1. The fraction of sp³-hybridized carbons (Fsp3) is 0.500. The molecule has 0 radical (unpaired) electrons. The van der Waals surface area contributed by atoms with Gasteiger partial charge < -0.3 is 0 Å². The van der Waals surface area contributed by atoms with Gasteiger partial charge >= 0.3 is 0 Å². The number of carbonyl (C=O) groups excluding carboxylic acids is 1. The van der Waals surface area contributed by atoms with Gasteiger partial charge in [0.1, 0.15) is 0 Å². The zero-order valence-corrected chi connectivity index (χ0v) is 11.8. The molecule has 0 heterocycles. The standard InChI is InChI=1S/C14H19BrO/c1-4-5-6-13(15)14(16)12-8-7-10(2)11(3)9-12/h7-9,13H,4-6H2,1-3H3. The number of hydrogen-bond donors (Lipinski definition) is 0. The predicted octanol–water partition coefficient (Wildman–Crippen LogP) is 4.44. The summed E-state index contributed by atoms with van der Waals surface area (Å²) in [6.45, 7) is 6.24. The van der Waals surface area contributed by atoms with Gasteiger partial charge in [-0.3, -0.25) is 4.79 Å². The molecule has 16 heavy (non-hydrogen) atoms. The zero-order chi connectivity index (χ0) is 12.1. The molecule has 0 N–H and O–H groups in total. The predicted molar refractivity (Wildman–Crippen MR) is 72.5 cm³/mol. The Balaban J connectivity index is 2.76. The van der Waals surface area contributed by atoms with Crippen LogP contribution < -0.4 is 0 Å². The van der Waals surface area contributed by atoms with Crippen molar-refractivity contribution in [2.45, 2.75) is 44.9 Å². The normalized spacial score (nSPS) is 12.5. The third-order valence-corrected chi connectivity index (χ3v) is 3.76. The molecule has 0 amide bonds. The Morgan fingerprint density at radius 3 is 2.56 bits per heavy atom. The fourth-order valence-electron chi connectivity index (χ4n) is 1.59. The summed E-state index contributed by atoms with van der Waals surface area (Å²) >= 11 is 3.47. The van der Waals surface area contributed by atoms with Crippen LogP contribution in [-0.2, 0) is 0 Å². The smallest absolute Gasteiger partial charge is 0.176 e. The van der Waals surface area contributed by atoms with Gasteiger partial charge in [-0.05, 0) is 37.5 Å². The van der Waals surface area contributed by atoms with E-state index in [1.54, 1.807) is 0 Å². The molecule has 1 nitrogen and oxygen atoms in total. The number of alkyl halides is 1. The van der Waals surface area contributed by atoms with Crippen LogP contribution in [0.2, 0.25) is 0 Å². The Hall–Kier alpha value is -0.630. The number of carbonyl (C=O) groups is 1. The number of halogens is 1. The fourth-order valence-corrected chi connectivity index (χ4v) is 2.18. The van der Waals surface area contributed by atoms with Crippen molar-refractivity contribution in [2.75, 3.05) is 0 Å². The van der Waals surface area contributed by atoms with Crippen molar-refractivity contribution in [3.8, 4) is 0 Å². The van der Waals surface area contributed by atoms with Gasteiger partial charge in [-0.25, -0.2) is 0 Å². The molecule has 1 atom stereocenters. The minimum Gasteiger partial charge on any atom is -0.293 e. The van der Waals surface area contributed by atoms with E-state index in [2.05, 4.69) is 29.8 Å². The third-order valence-electron chi connectivity index (χ3n) is 2.89. The third kappa shape index (κ3) is 3.44. The number of Topliss-reactive ketones (excluding diaryl/α,β-unsaturated/α-hetero) is 1. The highest BCUT2D eigenvalue weighted by atomic mass is 79.9. The average molecular weight is 283 g/mol. The van der Waals surface area contributed by atoms with Crippen molar-refractivity contribution in [1.29, 1.82) is 0 Å². The first-order chi connectivity index (χ1) is 7.56.